The fourth-order valence-corrected chi connectivity index (χ4v) is 2.90. The molecule has 0 bridgehead atoms. The highest BCUT2D eigenvalue weighted by Gasteiger charge is 2.26. The van der Waals surface area contributed by atoms with Crippen LogP contribution in [-0.2, 0) is 24.3 Å². The summed E-state index contributed by atoms with van der Waals surface area (Å²) in [5, 5.41) is 18.9. The first-order valence-corrected chi connectivity index (χ1v) is 7.59. The Balaban J connectivity index is 1.68. The zero-order valence-corrected chi connectivity index (χ0v) is 13.1. The molecule has 1 aliphatic rings. The third-order valence-electron chi connectivity index (χ3n) is 3.98. The second-order valence-corrected chi connectivity index (χ2v) is 5.74. The molecule has 0 radical (unpaired) electrons. The van der Waals surface area contributed by atoms with Crippen molar-refractivity contribution in [2.24, 2.45) is 0 Å². The van der Waals surface area contributed by atoms with Crippen molar-refractivity contribution < 1.29 is 19.5 Å². The van der Waals surface area contributed by atoms with Crippen molar-refractivity contribution in [3.8, 4) is 0 Å². The summed E-state index contributed by atoms with van der Waals surface area (Å²) >= 11 is 0. The number of amides is 1. The minimum Gasteiger partial charge on any atom is -0.480 e. The SMILES string of the molecule is Cc1c(C(=O)NCc2cn(CC(=O)O)nn2)[nH]c2c1C(=O)CCC2. The van der Waals surface area contributed by atoms with E-state index in [1.165, 1.54) is 10.9 Å². The van der Waals surface area contributed by atoms with Crippen LogP contribution >= 0.6 is 0 Å². The highest BCUT2D eigenvalue weighted by Crippen LogP contribution is 2.26. The minimum absolute atomic E-state index is 0.0701. The average Bonchev–Trinajstić information content (AvgIpc) is 3.10. The predicted molar refractivity (Wildman–Crippen MR) is 81.6 cm³/mol. The second-order valence-electron chi connectivity index (χ2n) is 5.74. The Bertz CT molecular complexity index is 820. The van der Waals surface area contributed by atoms with Gasteiger partial charge in [-0.05, 0) is 25.3 Å². The number of H-pyrrole nitrogens is 1. The molecular weight excluding hydrogens is 314 g/mol. The van der Waals surface area contributed by atoms with E-state index in [4.69, 9.17) is 5.11 Å². The number of aromatic nitrogens is 4. The van der Waals surface area contributed by atoms with E-state index in [1.54, 1.807) is 6.92 Å². The van der Waals surface area contributed by atoms with Gasteiger partial charge in [0.1, 0.15) is 17.9 Å². The minimum atomic E-state index is -1.02. The number of aryl methyl sites for hydroxylation is 1. The Morgan fingerprint density at radius 1 is 1.42 bits per heavy atom. The van der Waals surface area contributed by atoms with E-state index in [-0.39, 0.29) is 24.8 Å². The number of aliphatic carboxylic acids is 1. The van der Waals surface area contributed by atoms with Gasteiger partial charge in [-0.15, -0.1) is 5.10 Å². The Hall–Kier alpha value is -2.97. The number of nitrogens with one attached hydrogen (secondary N) is 2. The summed E-state index contributed by atoms with van der Waals surface area (Å²) in [4.78, 5) is 38.0. The van der Waals surface area contributed by atoms with Gasteiger partial charge in [0.25, 0.3) is 5.91 Å². The number of carbonyl (C=O) groups is 3. The van der Waals surface area contributed by atoms with E-state index in [0.29, 0.717) is 28.9 Å². The molecule has 0 aliphatic heterocycles. The molecule has 24 heavy (non-hydrogen) atoms. The maximum Gasteiger partial charge on any atom is 0.325 e. The zero-order valence-electron chi connectivity index (χ0n) is 13.1. The van der Waals surface area contributed by atoms with Crippen LogP contribution in [0.4, 0.5) is 0 Å². The van der Waals surface area contributed by atoms with Crippen LogP contribution < -0.4 is 5.32 Å². The Morgan fingerprint density at radius 2 is 2.21 bits per heavy atom. The molecule has 9 nitrogen and oxygen atoms in total. The van der Waals surface area contributed by atoms with Crippen LogP contribution in [0.1, 0.15) is 50.6 Å². The summed E-state index contributed by atoms with van der Waals surface area (Å²) < 4.78 is 1.18. The normalized spacial score (nSPS) is 13.6. The van der Waals surface area contributed by atoms with Gasteiger partial charge in [0.2, 0.25) is 0 Å². The molecule has 2 aromatic heterocycles. The highest BCUT2D eigenvalue weighted by molar-refractivity contribution is 6.04. The molecule has 2 heterocycles. The molecule has 0 unspecified atom stereocenters. The van der Waals surface area contributed by atoms with Gasteiger partial charge in [-0.25, -0.2) is 4.68 Å². The fraction of sp³-hybridized carbons (Fsp3) is 0.400. The third kappa shape index (κ3) is 3.05. The number of fused-ring (bicyclic) bond motifs is 1. The van der Waals surface area contributed by atoms with Crippen molar-refractivity contribution in [2.75, 3.05) is 0 Å². The largest absolute Gasteiger partial charge is 0.480 e. The maximum atomic E-state index is 12.3. The maximum absolute atomic E-state index is 12.3. The van der Waals surface area contributed by atoms with E-state index in [0.717, 1.165) is 18.5 Å². The highest BCUT2D eigenvalue weighted by atomic mass is 16.4. The van der Waals surface area contributed by atoms with Crippen molar-refractivity contribution in [1.29, 1.82) is 0 Å². The third-order valence-corrected chi connectivity index (χ3v) is 3.98. The summed E-state index contributed by atoms with van der Waals surface area (Å²) in [7, 11) is 0. The van der Waals surface area contributed by atoms with Crippen LogP contribution in [0.5, 0.6) is 0 Å². The second kappa shape index (κ2) is 6.26. The molecule has 0 aromatic carbocycles. The molecule has 1 aliphatic carbocycles. The summed E-state index contributed by atoms with van der Waals surface area (Å²) in [5.41, 5.74) is 2.96. The average molecular weight is 331 g/mol. The molecule has 0 saturated carbocycles. The topological polar surface area (TPSA) is 130 Å². The number of Topliss-reactive ketones (excluding diaryl/α,β-unsaturated/α-hetero) is 1. The molecule has 126 valence electrons. The molecule has 9 heteroatoms. The summed E-state index contributed by atoms with van der Waals surface area (Å²) in [6, 6.07) is 0. The molecular formula is C15H17N5O4. The fourth-order valence-electron chi connectivity index (χ4n) is 2.90. The number of aromatic amines is 1. The molecule has 3 rings (SSSR count). The lowest BCUT2D eigenvalue weighted by molar-refractivity contribution is -0.137. The Morgan fingerprint density at radius 3 is 2.92 bits per heavy atom. The van der Waals surface area contributed by atoms with E-state index < -0.39 is 5.97 Å². The van der Waals surface area contributed by atoms with Crippen molar-refractivity contribution in [1.82, 2.24) is 25.3 Å². The van der Waals surface area contributed by atoms with Crippen molar-refractivity contribution in [2.45, 2.75) is 39.3 Å². The summed E-state index contributed by atoms with van der Waals surface area (Å²) in [5.74, 6) is -1.28. The van der Waals surface area contributed by atoms with Gasteiger partial charge in [-0.3, -0.25) is 14.4 Å². The first-order chi connectivity index (χ1) is 11.5. The van der Waals surface area contributed by atoms with E-state index in [9.17, 15) is 14.4 Å². The number of carboxylic acids is 1. The van der Waals surface area contributed by atoms with Crippen LogP contribution in [0.15, 0.2) is 6.20 Å². The lowest BCUT2D eigenvalue weighted by Crippen LogP contribution is -2.24. The molecule has 0 saturated heterocycles. The van der Waals surface area contributed by atoms with Crippen molar-refractivity contribution >= 4 is 17.7 Å². The number of carbonyl (C=O) groups excluding carboxylic acids is 2. The van der Waals surface area contributed by atoms with Crippen LogP contribution in [0.3, 0.4) is 0 Å². The quantitative estimate of drug-likeness (QED) is 0.729. The lowest BCUT2D eigenvalue weighted by Gasteiger charge is -2.09. The number of hydrogen-bond donors (Lipinski definition) is 3. The van der Waals surface area contributed by atoms with Crippen LogP contribution in [0.25, 0.3) is 0 Å². The first kappa shape index (κ1) is 15.9. The van der Waals surface area contributed by atoms with Crippen LogP contribution in [0, 0.1) is 6.92 Å². The Kier molecular flexibility index (Phi) is 4.15. The van der Waals surface area contributed by atoms with Gasteiger partial charge >= 0.3 is 5.97 Å². The number of nitrogens with zero attached hydrogens (tertiary/aromatic N) is 3. The smallest absolute Gasteiger partial charge is 0.325 e. The lowest BCUT2D eigenvalue weighted by atomic mass is 9.94. The molecule has 0 atom stereocenters. The van der Waals surface area contributed by atoms with Gasteiger partial charge in [0, 0.05) is 17.7 Å². The zero-order chi connectivity index (χ0) is 17.3. The van der Waals surface area contributed by atoms with E-state index in [2.05, 4.69) is 20.6 Å². The molecule has 3 N–H and O–H groups in total. The van der Waals surface area contributed by atoms with E-state index >= 15 is 0 Å². The number of ketones is 1. The summed E-state index contributed by atoms with van der Waals surface area (Å²) in [6.07, 6.45) is 3.53. The van der Waals surface area contributed by atoms with E-state index in [1.807, 2.05) is 0 Å². The number of rotatable bonds is 5. The number of carboxylic acid groups (broad SMARTS) is 1. The van der Waals surface area contributed by atoms with Gasteiger partial charge in [-0.2, -0.15) is 0 Å². The van der Waals surface area contributed by atoms with Gasteiger partial charge < -0.3 is 15.4 Å². The van der Waals surface area contributed by atoms with Crippen LogP contribution in [-0.4, -0.2) is 42.7 Å². The van der Waals surface area contributed by atoms with Crippen molar-refractivity contribution in [3.05, 3.63) is 34.4 Å². The summed E-state index contributed by atoms with van der Waals surface area (Å²) in [6.45, 7) is 1.59. The van der Waals surface area contributed by atoms with Gasteiger partial charge in [-0.1, -0.05) is 5.21 Å². The predicted octanol–water partition coefficient (Wildman–Crippen LogP) is 0.448. The van der Waals surface area contributed by atoms with Crippen molar-refractivity contribution in [3.63, 3.8) is 0 Å². The standard InChI is InChI=1S/C15H17N5O4/c1-8-13-10(3-2-4-11(13)21)17-14(8)15(24)16-5-9-6-20(19-18-9)7-12(22)23/h6,17H,2-5,7H2,1H3,(H,16,24)(H,22,23). The Labute approximate surface area is 137 Å². The molecule has 2 aromatic rings. The molecule has 0 fully saturated rings. The van der Waals surface area contributed by atoms with Gasteiger partial charge in [0.15, 0.2) is 5.78 Å². The molecule has 0 spiro atoms. The molecule has 1 amide bonds. The first-order valence-electron chi connectivity index (χ1n) is 7.59. The monoisotopic (exact) mass is 331 g/mol. The number of hydrogen-bond acceptors (Lipinski definition) is 5. The van der Waals surface area contributed by atoms with Crippen LogP contribution in [0.2, 0.25) is 0 Å². The van der Waals surface area contributed by atoms with Gasteiger partial charge in [0.05, 0.1) is 12.7 Å².